The zero-order valence-corrected chi connectivity index (χ0v) is 25.9. The largest absolute Gasteiger partial charge is 0.352 e. The van der Waals surface area contributed by atoms with E-state index in [0.717, 1.165) is 31.7 Å². The molecule has 3 aromatic carbocycles. The summed E-state index contributed by atoms with van der Waals surface area (Å²) in [4.78, 5) is 29.1. The summed E-state index contributed by atoms with van der Waals surface area (Å²) in [5.41, 5.74) is 1.98. The maximum absolute atomic E-state index is 14.0. The molecule has 2 atom stereocenters. The second-order valence-corrected chi connectivity index (χ2v) is 13.0. The molecule has 39 heavy (non-hydrogen) atoms. The van der Waals surface area contributed by atoms with Crippen molar-refractivity contribution in [1.29, 1.82) is 0 Å². The molecule has 0 aliphatic heterocycles. The highest BCUT2D eigenvalue weighted by Crippen LogP contribution is 2.22. The standard InChI is InChI=1S/C29H33ClIN3O4S/c1-4-21(2)32-29(36)27(18-22-9-6-5-7-10-22)33(19-23-11-8-12-24(30)17-23)28(35)20-34(39(3,37)38)26-15-13-25(31)14-16-26/h5-17,21,27H,4,18-20H2,1-3H3,(H,32,36). The average Bonchev–Trinajstić information content (AvgIpc) is 2.89. The highest BCUT2D eigenvalue weighted by molar-refractivity contribution is 14.1. The van der Waals surface area contributed by atoms with Crippen molar-refractivity contribution in [2.45, 2.75) is 45.3 Å². The first-order chi connectivity index (χ1) is 18.5. The van der Waals surface area contributed by atoms with Crippen LogP contribution in [0.4, 0.5) is 5.69 Å². The molecule has 7 nitrogen and oxygen atoms in total. The summed E-state index contributed by atoms with van der Waals surface area (Å²) >= 11 is 8.37. The molecule has 0 radical (unpaired) electrons. The number of carbonyl (C=O) groups is 2. The van der Waals surface area contributed by atoms with Crippen molar-refractivity contribution >= 4 is 61.7 Å². The molecule has 1 N–H and O–H groups in total. The van der Waals surface area contributed by atoms with E-state index in [1.54, 1.807) is 42.5 Å². The Balaban J connectivity index is 2.05. The van der Waals surface area contributed by atoms with Gasteiger partial charge in [-0.05, 0) is 83.5 Å². The van der Waals surface area contributed by atoms with Crippen LogP contribution in [0.1, 0.15) is 31.4 Å². The predicted octanol–water partition coefficient (Wildman–Crippen LogP) is 5.27. The molecule has 0 saturated heterocycles. The highest BCUT2D eigenvalue weighted by atomic mass is 127. The molecule has 0 bridgehead atoms. The molecule has 2 amide bonds. The van der Waals surface area contributed by atoms with Crippen molar-refractivity contribution in [3.05, 3.63) is 98.6 Å². The van der Waals surface area contributed by atoms with E-state index >= 15 is 0 Å². The summed E-state index contributed by atoms with van der Waals surface area (Å²) < 4.78 is 27.6. The Hall–Kier alpha value is -2.63. The Bertz CT molecular complexity index is 1370. The molecule has 0 spiro atoms. The van der Waals surface area contributed by atoms with Gasteiger partial charge in [-0.1, -0.05) is 61.0 Å². The van der Waals surface area contributed by atoms with E-state index < -0.39 is 28.5 Å². The van der Waals surface area contributed by atoms with E-state index in [2.05, 4.69) is 27.9 Å². The van der Waals surface area contributed by atoms with E-state index in [4.69, 9.17) is 11.6 Å². The fourth-order valence-electron chi connectivity index (χ4n) is 4.05. The quantitative estimate of drug-likeness (QED) is 0.264. The Labute approximate surface area is 249 Å². The van der Waals surface area contributed by atoms with Crippen molar-refractivity contribution < 1.29 is 18.0 Å². The summed E-state index contributed by atoms with van der Waals surface area (Å²) in [5, 5.41) is 3.51. The van der Waals surface area contributed by atoms with Gasteiger partial charge in [0.1, 0.15) is 12.6 Å². The molecule has 0 aromatic heterocycles. The second kappa shape index (κ2) is 14.1. The molecule has 0 heterocycles. The molecule has 3 aromatic rings. The summed E-state index contributed by atoms with van der Waals surface area (Å²) in [6, 6.07) is 22.4. The van der Waals surface area contributed by atoms with Gasteiger partial charge < -0.3 is 10.2 Å². The number of anilines is 1. The predicted molar refractivity (Wildman–Crippen MR) is 165 cm³/mol. The first-order valence-corrected chi connectivity index (χ1v) is 15.9. The molecule has 0 fully saturated rings. The number of rotatable bonds is 12. The molecular formula is C29H33ClIN3O4S. The zero-order valence-electron chi connectivity index (χ0n) is 22.2. The van der Waals surface area contributed by atoms with E-state index in [9.17, 15) is 18.0 Å². The van der Waals surface area contributed by atoms with Gasteiger partial charge in [-0.15, -0.1) is 0 Å². The maximum atomic E-state index is 14.0. The van der Waals surface area contributed by atoms with Crippen LogP contribution in [0, 0.1) is 3.57 Å². The third-order valence-electron chi connectivity index (χ3n) is 6.31. The van der Waals surface area contributed by atoms with Gasteiger partial charge in [0, 0.05) is 27.6 Å². The Morgan fingerprint density at radius 1 is 0.974 bits per heavy atom. The lowest BCUT2D eigenvalue weighted by Gasteiger charge is -2.34. The lowest BCUT2D eigenvalue weighted by molar-refractivity contribution is -0.140. The Morgan fingerprint density at radius 3 is 2.21 bits per heavy atom. The topological polar surface area (TPSA) is 86.8 Å². The minimum absolute atomic E-state index is 0.0785. The molecule has 2 unspecified atom stereocenters. The SMILES string of the molecule is CCC(C)NC(=O)C(Cc1ccccc1)N(Cc1cccc(Cl)c1)C(=O)CN(c1ccc(I)cc1)S(C)(=O)=O. The van der Waals surface area contributed by atoms with Crippen LogP contribution in [0.15, 0.2) is 78.9 Å². The van der Waals surface area contributed by atoms with Gasteiger partial charge in [0.2, 0.25) is 21.8 Å². The number of nitrogens with one attached hydrogen (secondary N) is 1. The number of benzene rings is 3. The molecule has 208 valence electrons. The van der Waals surface area contributed by atoms with Crippen molar-refractivity contribution in [1.82, 2.24) is 10.2 Å². The van der Waals surface area contributed by atoms with Gasteiger partial charge in [0.15, 0.2) is 0 Å². The monoisotopic (exact) mass is 681 g/mol. The van der Waals surface area contributed by atoms with Crippen LogP contribution in [0.25, 0.3) is 0 Å². The van der Waals surface area contributed by atoms with Crippen LogP contribution in [0.5, 0.6) is 0 Å². The number of hydrogen-bond donors (Lipinski definition) is 1. The van der Waals surface area contributed by atoms with Crippen LogP contribution < -0.4 is 9.62 Å². The number of sulfonamides is 1. The van der Waals surface area contributed by atoms with Crippen molar-refractivity contribution in [2.24, 2.45) is 0 Å². The van der Waals surface area contributed by atoms with Crippen molar-refractivity contribution in [3.63, 3.8) is 0 Å². The van der Waals surface area contributed by atoms with Crippen LogP contribution in [0.3, 0.4) is 0 Å². The van der Waals surface area contributed by atoms with E-state index in [1.165, 1.54) is 4.90 Å². The van der Waals surface area contributed by atoms with Gasteiger partial charge >= 0.3 is 0 Å². The minimum atomic E-state index is -3.81. The molecular weight excluding hydrogens is 649 g/mol. The highest BCUT2D eigenvalue weighted by Gasteiger charge is 2.33. The minimum Gasteiger partial charge on any atom is -0.352 e. The first kappa shape index (κ1) is 30.9. The first-order valence-electron chi connectivity index (χ1n) is 12.6. The third-order valence-corrected chi connectivity index (χ3v) is 8.40. The number of amides is 2. The third kappa shape index (κ3) is 9.22. The fraction of sp³-hybridized carbons (Fsp3) is 0.310. The number of hydrogen-bond acceptors (Lipinski definition) is 4. The van der Waals surface area contributed by atoms with Crippen LogP contribution in [-0.2, 0) is 32.6 Å². The van der Waals surface area contributed by atoms with Crippen LogP contribution in [-0.4, -0.2) is 50.0 Å². The summed E-state index contributed by atoms with van der Waals surface area (Å²) in [6.07, 6.45) is 2.05. The molecule has 0 aliphatic rings. The smallest absolute Gasteiger partial charge is 0.244 e. The number of halogens is 2. The normalized spacial score (nSPS) is 12.8. The van der Waals surface area contributed by atoms with Crippen molar-refractivity contribution in [3.8, 4) is 0 Å². The van der Waals surface area contributed by atoms with E-state index in [-0.39, 0.29) is 24.9 Å². The van der Waals surface area contributed by atoms with Crippen LogP contribution >= 0.6 is 34.2 Å². The Morgan fingerprint density at radius 2 is 1.62 bits per heavy atom. The van der Waals surface area contributed by atoms with E-state index in [0.29, 0.717) is 10.7 Å². The van der Waals surface area contributed by atoms with Gasteiger partial charge in [-0.3, -0.25) is 13.9 Å². The number of nitrogens with zero attached hydrogens (tertiary/aromatic N) is 2. The fourth-order valence-corrected chi connectivity index (χ4v) is 5.47. The lowest BCUT2D eigenvalue weighted by Crippen LogP contribution is -2.54. The van der Waals surface area contributed by atoms with Crippen LogP contribution in [0.2, 0.25) is 5.02 Å². The molecule has 0 aliphatic carbocycles. The maximum Gasteiger partial charge on any atom is 0.244 e. The van der Waals surface area contributed by atoms with Gasteiger partial charge in [-0.25, -0.2) is 8.42 Å². The molecule has 3 rings (SSSR count). The second-order valence-electron chi connectivity index (χ2n) is 9.42. The van der Waals surface area contributed by atoms with E-state index in [1.807, 2.05) is 50.2 Å². The van der Waals surface area contributed by atoms with Gasteiger partial charge in [0.25, 0.3) is 0 Å². The molecule has 10 heteroatoms. The van der Waals surface area contributed by atoms with Gasteiger partial charge in [0.05, 0.1) is 11.9 Å². The number of carbonyl (C=O) groups excluding carboxylic acids is 2. The zero-order chi connectivity index (χ0) is 28.6. The summed E-state index contributed by atoms with van der Waals surface area (Å²) in [5.74, 6) is -0.803. The summed E-state index contributed by atoms with van der Waals surface area (Å²) in [6.45, 7) is 3.50. The average molecular weight is 682 g/mol. The lowest BCUT2D eigenvalue weighted by atomic mass is 10.0. The summed E-state index contributed by atoms with van der Waals surface area (Å²) in [7, 11) is -3.81. The molecule has 0 saturated carbocycles. The van der Waals surface area contributed by atoms with Crippen molar-refractivity contribution in [2.75, 3.05) is 17.1 Å². The van der Waals surface area contributed by atoms with Gasteiger partial charge in [-0.2, -0.15) is 0 Å². The Kier molecular flexibility index (Phi) is 11.2.